The van der Waals surface area contributed by atoms with Crippen LogP contribution in [0.4, 0.5) is 10.1 Å². The van der Waals surface area contributed by atoms with E-state index >= 15 is 0 Å². The maximum absolute atomic E-state index is 13.8. The Balaban J connectivity index is 1.97. The molecular formula is C29H34FN3O4S. The van der Waals surface area contributed by atoms with E-state index in [1.165, 1.54) is 17.0 Å². The number of halogens is 1. The van der Waals surface area contributed by atoms with Crippen LogP contribution in [-0.2, 0) is 26.2 Å². The van der Waals surface area contributed by atoms with Crippen molar-refractivity contribution in [2.24, 2.45) is 0 Å². The minimum absolute atomic E-state index is 0.125. The molecule has 3 aromatic rings. The predicted molar refractivity (Wildman–Crippen MR) is 146 cm³/mol. The van der Waals surface area contributed by atoms with E-state index in [0.29, 0.717) is 6.54 Å². The van der Waals surface area contributed by atoms with Gasteiger partial charge in [-0.05, 0) is 62.2 Å². The number of rotatable bonds is 12. The summed E-state index contributed by atoms with van der Waals surface area (Å²) < 4.78 is 41.9. The monoisotopic (exact) mass is 539 g/mol. The van der Waals surface area contributed by atoms with E-state index in [1.807, 2.05) is 44.2 Å². The van der Waals surface area contributed by atoms with E-state index in [9.17, 15) is 22.4 Å². The predicted octanol–water partition coefficient (Wildman–Crippen LogP) is 4.66. The third kappa shape index (κ3) is 7.41. The fourth-order valence-electron chi connectivity index (χ4n) is 3.87. The molecule has 0 aliphatic heterocycles. The second kappa shape index (κ2) is 13.2. The number of hydrogen-bond acceptors (Lipinski definition) is 4. The topological polar surface area (TPSA) is 86.8 Å². The van der Waals surface area contributed by atoms with Crippen LogP contribution in [0.1, 0.15) is 37.8 Å². The molecule has 9 heteroatoms. The maximum atomic E-state index is 13.8. The van der Waals surface area contributed by atoms with Gasteiger partial charge in [-0.3, -0.25) is 13.9 Å². The summed E-state index contributed by atoms with van der Waals surface area (Å²) in [5, 5.41) is 2.86. The van der Waals surface area contributed by atoms with Crippen LogP contribution < -0.4 is 9.62 Å². The first kappa shape index (κ1) is 28.8. The molecule has 0 bridgehead atoms. The highest BCUT2D eigenvalue weighted by Crippen LogP contribution is 2.25. The number of unbranched alkanes of at least 4 members (excludes halogenated alkanes) is 1. The quantitative estimate of drug-likeness (QED) is 0.339. The van der Waals surface area contributed by atoms with Gasteiger partial charge in [0, 0.05) is 13.1 Å². The van der Waals surface area contributed by atoms with Crippen LogP contribution in [0, 0.1) is 12.7 Å². The summed E-state index contributed by atoms with van der Waals surface area (Å²) in [6, 6.07) is 19.6. The molecule has 2 amide bonds. The minimum atomic E-state index is -4.23. The van der Waals surface area contributed by atoms with Crippen molar-refractivity contribution in [2.75, 3.05) is 17.4 Å². The van der Waals surface area contributed by atoms with Crippen LogP contribution in [0.15, 0.2) is 83.8 Å². The lowest BCUT2D eigenvalue weighted by atomic mass is 10.1. The summed E-state index contributed by atoms with van der Waals surface area (Å²) >= 11 is 0. The van der Waals surface area contributed by atoms with Gasteiger partial charge in [-0.2, -0.15) is 0 Å². The van der Waals surface area contributed by atoms with Crippen molar-refractivity contribution in [2.45, 2.75) is 51.1 Å². The molecule has 7 nitrogen and oxygen atoms in total. The van der Waals surface area contributed by atoms with Crippen LogP contribution in [0.3, 0.4) is 0 Å². The fraction of sp³-hybridized carbons (Fsp3) is 0.310. The summed E-state index contributed by atoms with van der Waals surface area (Å²) in [6.45, 7) is 5.59. The third-order valence-electron chi connectivity index (χ3n) is 6.20. The van der Waals surface area contributed by atoms with Crippen LogP contribution in [0.25, 0.3) is 0 Å². The second-order valence-corrected chi connectivity index (χ2v) is 11.0. The molecule has 0 spiro atoms. The number of nitrogens with zero attached hydrogens (tertiary/aromatic N) is 2. The van der Waals surface area contributed by atoms with Crippen molar-refractivity contribution in [3.05, 3.63) is 95.8 Å². The lowest BCUT2D eigenvalue weighted by molar-refractivity contribution is -0.139. The average Bonchev–Trinajstić information content (AvgIpc) is 2.91. The molecule has 0 heterocycles. The van der Waals surface area contributed by atoms with Crippen molar-refractivity contribution >= 4 is 27.5 Å². The number of benzene rings is 3. The molecule has 0 saturated carbocycles. The van der Waals surface area contributed by atoms with Gasteiger partial charge in [0.15, 0.2) is 0 Å². The minimum Gasteiger partial charge on any atom is -0.354 e. The normalized spacial score (nSPS) is 12.0. The first-order valence-corrected chi connectivity index (χ1v) is 14.0. The third-order valence-corrected chi connectivity index (χ3v) is 7.98. The van der Waals surface area contributed by atoms with Crippen LogP contribution in [-0.4, -0.2) is 44.3 Å². The highest BCUT2D eigenvalue weighted by molar-refractivity contribution is 7.92. The lowest BCUT2D eigenvalue weighted by Crippen LogP contribution is -2.51. The van der Waals surface area contributed by atoms with E-state index in [4.69, 9.17) is 0 Å². The lowest BCUT2D eigenvalue weighted by Gasteiger charge is -2.32. The Kier molecular flexibility index (Phi) is 10.0. The van der Waals surface area contributed by atoms with Crippen LogP contribution in [0.2, 0.25) is 0 Å². The Morgan fingerprint density at radius 2 is 1.58 bits per heavy atom. The van der Waals surface area contributed by atoms with Gasteiger partial charge in [0.2, 0.25) is 11.8 Å². The highest BCUT2D eigenvalue weighted by Gasteiger charge is 2.32. The van der Waals surface area contributed by atoms with Gasteiger partial charge in [0.1, 0.15) is 18.4 Å². The summed E-state index contributed by atoms with van der Waals surface area (Å²) in [5.74, 6) is -1.43. The first-order valence-electron chi connectivity index (χ1n) is 12.6. The standard InChI is InChI=1S/C29H34FN3O4S/c1-4-5-19-31-29(35)23(3)32(20-24-9-7-6-8-10-24)28(34)21-33(26-15-11-22(2)12-16-26)38(36,37)27-17-13-25(30)14-18-27/h6-18,23H,4-5,19-21H2,1-3H3,(H,31,35)/t23-/m0/s1. The Bertz CT molecular complexity index is 1310. The Labute approximate surface area is 224 Å². The molecule has 3 aromatic carbocycles. The van der Waals surface area contributed by atoms with Crippen molar-refractivity contribution in [1.82, 2.24) is 10.2 Å². The first-order chi connectivity index (χ1) is 18.1. The number of nitrogens with one attached hydrogen (secondary N) is 1. The maximum Gasteiger partial charge on any atom is 0.264 e. The SMILES string of the molecule is CCCCNC(=O)[C@H](C)N(Cc1ccccc1)C(=O)CN(c1ccc(C)cc1)S(=O)(=O)c1ccc(F)cc1. The van der Waals surface area contributed by atoms with Gasteiger partial charge in [-0.15, -0.1) is 0 Å². The smallest absolute Gasteiger partial charge is 0.264 e. The van der Waals surface area contributed by atoms with Gasteiger partial charge in [-0.1, -0.05) is 61.4 Å². The number of carbonyl (C=O) groups excluding carboxylic acids is 2. The molecule has 0 unspecified atom stereocenters. The molecule has 202 valence electrons. The molecule has 1 atom stereocenters. The largest absolute Gasteiger partial charge is 0.354 e. The summed E-state index contributed by atoms with van der Waals surface area (Å²) in [4.78, 5) is 28.0. The molecule has 3 rings (SSSR count). The zero-order chi connectivity index (χ0) is 27.7. The number of anilines is 1. The number of carbonyl (C=O) groups is 2. The van der Waals surface area contributed by atoms with Crippen molar-refractivity contribution in [3.8, 4) is 0 Å². The van der Waals surface area contributed by atoms with Crippen molar-refractivity contribution in [3.63, 3.8) is 0 Å². The molecule has 0 aromatic heterocycles. The number of sulfonamides is 1. The van der Waals surface area contributed by atoms with Gasteiger partial charge in [-0.25, -0.2) is 12.8 Å². The Hall–Kier alpha value is -3.72. The van der Waals surface area contributed by atoms with E-state index < -0.39 is 34.3 Å². The van der Waals surface area contributed by atoms with Crippen LogP contribution in [0.5, 0.6) is 0 Å². The summed E-state index contributed by atoms with van der Waals surface area (Å²) in [7, 11) is -4.23. The second-order valence-electron chi connectivity index (χ2n) is 9.13. The Morgan fingerprint density at radius 3 is 2.18 bits per heavy atom. The van der Waals surface area contributed by atoms with Gasteiger partial charge >= 0.3 is 0 Å². The summed E-state index contributed by atoms with van der Waals surface area (Å²) in [6.07, 6.45) is 1.72. The van der Waals surface area contributed by atoms with Gasteiger partial charge < -0.3 is 10.2 Å². The molecule has 0 saturated heterocycles. The molecule has 1 N–H and O–H groups in total. The number of amides is 2. The molecule has 0 aliphatic carbocycles. The molecule has 0 aliphatic rings. The van der Waals surface area contributed by atoms with E-state index in [0.717, 1.165) is 40.4 Å². The van der Waals surface area contributed by atoms with E-state index in [2.05, 4.69) is 5.32 Å². The highest BCUT2D eigenvalue weighted by atomic mass is 32.2. The van der Waals surface area contributed by atoms with Crippen molar-refractivity contribution in [1.29, 1.82) is 0 Å². The zero-order valence-corrected chi connectivity index (χ0v) is 22.7. The molecule has 38 heavy (non-hydrogen) atoms. The average molecular weight is 540 g/mol. The molecular weight excluding hydrogens is 505 g/mol. The Morgan fingerprint density at radius 1 is 0.947 bits per heavy atom. The van der Waals surface area contributed by atoms with E-state index in [-0.39, 0.29) is 23.0 Å². The van der Waals surface area contributed by atoms with E-state index in [1.54, 1.807) is 31.2 Å². The molecule has 0 radical (unpaired) electrons. The van der Waals surface area contributed by atoms with Crippen molar-refractivity contribution < 1.29 is 22.4 Å². The zero-order valence-electron chi connectivity index (χ0n) is 21.9. The van der Waals surface area contributed by atoms with Gasteiger partial charge in [0.25, 0.3) is 10.0 Å². The summed E-state index contributed by atoms with van der Waals surface area (Å²) in [5.41, 5.74) is 2.01. The number of hydrogen-bond donors (Lipinski definition) is 1. The van der Waals surface area contributed by atoms with Crippen LogP contribution >= 0.6 is 0 Å². The fourth-order valence-corrected chi connectivity index (χ4v) is 5.29. The van der Waals surface area contributed by atoms with Gasteiger partial charge in [0.05, 0.1) is 10.6 Å². The number of aryl methyl sites for hydroxylation is 1. The molecule has 0 fully saturated rings.